The van der Waals surface area contributed by atoms with Crippen LogP contribution in [0.2, 0.25) is 0 Å². The van der Waals surface area contributed by atoms with Gasteiger partial charge in [0, 0.05) is 48.7 Å². The van der Waals surface area contributed by atoms with E-state index in [9.17, 15) is 14.6 Å². The van der Waals surface area contributed by atoms with Gasteiger partial charge in [0.25, 0.3) is 0 Å². The first-order valence-corrected chi connectivity index (χ1v) is 15.0. The number of likely N-dealkylation sites (tertiary alicyclic amines) is 1. The largest absolute Gasteiger partial charge is 0.508 e. The molecular weight excluding hydrogens is 578 g/mol. The predicted octanol–water partition coefficient (Wildman–Crippen LogP) is 3.57. The summed E-state index contributed by atoms with van der Waals surface area (Å²) >= 11 is 0. The number of halogens is 2. The molecule has 0 saturated carbocycles. The summed E-state index contributed by atoms with van der Waals surface area (Å²) in [5.41, 5.74) is 0.0421. The molecule has 11 heteroatoms. The van der Waals surface area contributed by atoms with Gasteiger partial charge < -0.3 is 25.2 Å². The van der Waals surface area contributed by atoms with Crippen molar-refractivity contribution >= 4 is 27.5 Å². The van der Waals surface area contributed by atoms with Gasteiger partial charge in [0.15, 0.2) is 5.82 Å². The minimum Gasteiger partial charge on any atom is -0.508 e. The van der Waals surface area contributed by atoms with Crippen LogP contribution in [0.4, 0.5) is 14.6 Å². The van der Waals surface area contributed by atoms with Crippen molar-refractivity contribution in [2.24, 2.45) is 0 Å². The number of aliphatic hydroxyl groups excluding tert-OH is 1. The third kappa shape index (κ3) is 5.17. The number of hydrogen-bond acceptors (Lipinski definition) is 9. The van der Waals surface area contributed by atoms with Gasteiger partial charge in [-0.2, -0.15) is 9.97 Å². The molecule has 9 nitrogen and oxygen atoms in total. The standard InChI is InChI=1S/C34H32F2N6O3/c1-4-6-27-29-32(30(36)31(38-27)25-13-22(43)11-18-7-10-26(35)24(5-2)28(18)25)39-34(45-17-21-12-23(44)16-41(21)3)40-33(29)42-14-19-8-9-20(15-42)37-19/h2,7,10-11,13,19-21,23,37,43-44H,8-9,12,14-17H2,1,3H3/t19-,20+,21-,23+/m0/s1. The highest BCUT2D eigenvalue weighted by molar-refractivity contribution is 6.04. The zero-order valence-electron chi connectivity index (χ0n) is 24.9. The van der Waals surface area contributed by atoms with Crippen LogP contribution in [0, 0.1) is 35.8 Å². The van der Waals surface area contributed by atoms with Crippen LogP contribution in [-0.2, 0) is 0 Å². The van der Waals surface area contributed by atoms with Gasteiger partial charge >= 0.3 is 6.01 Å². The molecule has 230 valence electrons. The molecule has 2 aromatic heterocycles. The molecule has 3 aliphatic heterocycles. The molecule has 3 saturated heterocycles. The lowest BCUT2D eigenvalue weighted by Gasteiger charge is -2.34. The third-order valence-electron chi connectivity index (χ3n) is 9.03. The normalized spacial score (nSPS) is 22.9. The number of aliphatic hydroxyl groups is 1. The average Bonchev–Trinajstić information content (AvgIpc) is 3.54. The van der Waals surface area contributed by atoms with Crippen LogP contribution in [0.25, 0.3) is 32.9 Å². The van der Waals surface area contributed by atoms with Crippen LogP contribution >= 0.6 is 0 Å². The van der Waals surface area contributed by atoms with Crippen LogP contribution in [0.3, 0.4) is 0 Å². The molecule has 0 aliphatic carbocycles. The summed E-state index contributed by atoms with van der Waals surface area (Å²) in [6.07, 6.45) is 7.85. The highest BCUT2D eigenvalue weighted by Crippen LogP contribution is 2.40. The van der Waals surface area contributed by atoms with Gasteiger partial charge in [-0.3, -0.25) is 4.90 Å². The van der Waals surface area contributed by atoms with Crippen molar-refractivity contribution in [2.45, 2.75) is 50.4 Å². The maximum atomic E-state index is 17.0. The molecule has 2 bridgehead atoms. The number of terminal acetylenes is 1. The van der Waals surface area contributed by atoms with E-state index in [-0.39, 0.29) is 69.9 Å². The van der Waals surface area contributed by atoms with Gasteiger partial charge in [0.2, 0.25) is 0 Å². The SMILES string of the molecule is C#Cc1c(F)ccc2cc(O)cc(-c3nc(C#CC)c4c(N5C[C@H]6CC[C@@H](C5)N6)nc(OC[C@@H]5C[C@@H](O)CN5C)nc4c3F)c12. The Hall–Kier alpha value is -4.55. The number of aromatic hydroxyl groups is 1. The minimum absolute atomic E-state index is 0.0132. The number of phenols is 1. The van der Waals surface area contributed by atoms with Gasteiger partial charge in [-0.1, -0.05) is 17.9 Å². The van der Waals surface area contributed by atoms with Gasteiger partial charge in [-0.25, -0.2) is 13.8 Å². The Labute approximate surface area is 259 Å². The first-order chi connectivity index (χ1) is 21.7. The molecule has 7 rings (SSSR count). The Morgan fingerprint density at radius 1 is 1.09 bits per heavy atom. The number of aromatic nitrogens is 3. The number of rotatable bonds is 5. The second-order valence-corrected chi connectivity index (χ2v) is 12.0. The van der Waals surface area contributed by atoms with Crippen LogP contribution in [0.1, 0.15) is 37.4 Å². The molecule has 3 fully saturated rings. The van der Waals surface area contributed by atoms with Crippen molar-refractivity contribution in [1.29, 1.82) is 0 Å². The number of benzene rings is 2. The molecule has 0 unspecified atom stereocenters. The number of anilines is 1. The summed E-state index contributed by atoms with van der Waals surface area (Å²) in [7, 11) is 1.91. The molecule has 0 spiro atoms. The number of pyridine rings is 1. The van der Waals surface area contributed by atoms with E-state index in [1.807, 2.05) is 11.9 Å². The smallest absolute Gasteiger partial charge is 0.319 e. The summed E-state index contributed by atoms with van der Waals surface area (Å²) in [4.78, 5) is 18.2. The number of nitrogens with one attached hydrogen (secondary N) is 1. The maximum absolute atomic E-state index is 17.0. The van der Waals surface area contributed by atoms with Crippen LogP contribution in [-0.4, -0.2) is 87.6 Å². The molecular formula is C34H32F2N6O3. The number of phenolic OH excluding ortho intramolecular Hbond substituents is 1. The average molecular weight is 611 g/mol. The van der Waals surface area contributed by atoms with Crippen LogP contribution in [0.5, 0.6) is 11.8 Å². The van der Waals surface area contributed by atoms with Gasteiger partial charge in [-0.15, -0.1) is 6.42 Å². The fourth-order valence-electron chi connectivity index (χ4n) is 6.95. The molecule has 45 heavy (non-hydrogen) atoms. The summed E-state index contributed by atoms with van der Waals surface area (Å²) in [5, 5.41) is 25.3. The third-order valence-corrected chi connectivity index (χ3v) is 9.03. The summed E-state index contributed by atoms with van der Waals surface area (Å²) < 4.78 is 38.0. The van der Waals surface area contributed by atoms with Crippen molar-refractivity contribution < 1.29 is 23.7 Å². The molecule has 4 aromatic rings. The molecule has 4 atom stereocenters. The Kier molecular flexibility index (Phi) is 7.41. The lowest BCUT2D eigenvalue weighted by molar-refractivity contribution is 0.182. The fraction of sp³-hybridized carbons (Fsp3) is 0.382. The highest BCUT2D eigenvalue weighted by atomic mass is 19.1. The van der Waals surface area contributed by atoms with Crippen molar-refractivity contribution in [3.63, 3.8) is 0 Å². The van der Waals surface area contributed by atoms with E-state index < -0.39 is 17.7 Å². The molecule has 5 heterocycles. The van der Waals surface area contributed by atoms with Crippen LogP contribution < -0.4 is 15.0 Å². The number of β-amino-alcohol motifs (C(OH)–C–C–N with tert-alkyl or cyclic N) is 1. The maximum Gasteiger partial charge on any atom is 0.319 e. The first-order valence-electron chi connectivity index (χ1n) is 15.0. The molecule has 0 radical (unpaired) electrons. The van der Waals surface area contributed by atoms with Crippen LogP contribution in [0.15, 0.2) is 24.3 Å². The summed E-state index contributed by atoms with van der Waals surface area (Å²) in [6.45, 7) is 3.70. The molecule has 2 aromatic carbocycles. The second kappa shape index (κ2) is 11.4. The van der Waals surface area contributed by atoms with E-state index >= 15 is 4.39 Å². The minimum atomic E-state index is -0.800. The Bertz CT molecular complexity index is 1940. The van der Waals surface area contributed by atoms with E-state index in [1.54, 1.807) is 6.92 Å². The second-order valence-electron chi connectivity index (χ2n) is 12.0. The predicted molar refractivity (Wildman–Crippen MR) is 167 cm³/mol. The number of likely N-dealkylation sites (N-methyl/N-ethyl adjacent to an activating group) is 1. The topological polar surface area (TPSA) is 107 Å². The van der Waals surface area contributed by atoms with E-state index in [2.05, 4.69) is 37.9 Å². The van der Waals surface area contributed by atoms with Crippen molar-refractivity contribution in [3.05, 3.63) is 47.2 Å². The first kappa shape index (κ1) is 29.2. The van der Waals surface area contributed by atoms with Crippen molar-refractivity contribution in [2.75, 3.05) is 38.2 Å². The highest BCUT2D eigenvalue weighted by Gasteiger charge is 2.35. The van der Waals surface area contributed by atoms with E-state index in [0.29, 0.717) is 42.6 Å². The Balaban J connectivity index is 1.46. The van der Waals surface area contributed by atoms with E-state index in [1.165, 1.54) is 24.3 Å². The fourth-order valence-corrected chi connectivity index (χ4v) is 6.95. The lowest BCUT2D eigenvalue weighted by atomic mass is 9.95. The molecule has 3 aliphatic rings. The van der Waals surface area contributed by atoms with Crippen molar-refractivity contribution in [1.82, 2.24) is 25.2 Å². The number of nitrogens with zero attached hydrogens (tertiary/aromatic N) is 5. The molecule has 3 N–H and O–H groups in total. The van der Waals surface area contributed by atoms with E-state index in [4.69, 9.17) is 16.1 Å². The number of fused-ring (bicyclic) bond motifs is 4. The Morgan fingerprint density at radius 2 is 1.87 bits per heavy atom. The zero-order chi connectivity index (χ0) is 31.4. The number of ether oxygens (including phenoxy) is 1. The monoisotopic (exact) mass is 610 g/mol. The number of hydrogen-bond donors (Lipinski definition) is 3. The quantitative estimate of drug-likeness (QED) is 0.293. The van der Waals surface area contributed by atoms with Gasteiger partial charge in [-0.05, 0) is 62.7 Å². The van der Waals surface area contributed by atoms with E-state index in [0.717, 1.165) is 12.8 Å². The molecule has 0 amide bonds. The Morgan fingerprint density at radius 3 is 2.56 bits per heavy atom. The zero-order valence-corrected chi connectivity index (χ0v) is 24.9. The number of piperazine rings is 1. The van der Waals surface area contributed by atoms with Crippen molar-refractivity contribution in [3.8, 4) is 47.2 Å². The van der Waals surface area contributed by atoms with Gasteiger partial charge in [0.05, 0.1) is 17.1 Å². The lowest BCUT2D eigenvalue weighted by Crippen LogP contribution is -2.51. The summed E-state index contributed by atoms with van der Waals surface area (Å²) in [5.74, 6) is 7.12. The summed E-state index contributed by atoms with van der Waals surface area (Å²) in [6, 6.07) is 5.89. The van der Waals surface area contributed by atoms with Gasteiger partial charge in [0.1, 0.15) is 40.9 Å².